The van der Waals surface area contributed by atoms with Crippen LogP contribution in [0.3, 0.4) is 0 Å². The Morgan fingerprint density at radius 3 is 0.897 bits per heavy atom. The second kappa shape index (κ2) is 41.5. The van der Waals surface area contributed by atoms with Gasteiger partial charge in [-0.05, 0) is 47.0 Å². The van der Waals surface area contributed by atoms with E-state index in [4.69, 9.17) is 41.3 Å². The molecule has 0 radical (unpaired) electrons. The van der Waals surface area contributed by atoms with Crippen LogP contribution in [0.4, 0.5) is 0 Å². The zero-order chi connectivity index (χ0) is 48.1. The van der Waals surface area contributed by atoms with Crippen molar-refractivity contribution in [1.29, 1.82) is 0 Å². The van der Waals surface area contributed by atoms with Crippen molar-refractivity contribution in [3.05, 3.63) is 6.92 Å². The van der Waals surface area contributed by atoms with Gasteiger partial charge in [0.1, 0.15) is 66.7 Å². The first-order chi connectivity index (χ1) is 28.2. The Balaban J connectivity index is -0.000000544. The Labute approximate surface area is 507 Å². The van der Waals surface area contributed by atoms with Crippen molar-refractivity contribution in [1.82, 2.24) is 0 Å². The molecule has 0 rings (SSSR count). The van der Waals surface area contributed by atoms with Gasteiger partial charge in [-0.15, -0.1) is 0 Å². The minimum absolute atomic E-state index is 0. The standard InChI is InChI=1S/C37H61O22.O.8W/c1-31(2,12-38)24(45)59-37(8,23-58-27(48)34(5,17-43)18-44)30(51)57-22-35(6,28(49)53-11-10-52-9)19-56-29(50)36(7,20-54-25(46)32(3,13-39)14-40)21-55-26(47)33(4,15-41)16-42;;;;;;;;;/h38-44H,1,10-23H2,2-9H3;;;;;;;;;/q-1;;;;;;;;;. The Morgan fingerprint density at radius 2 is 0.632 bits per heavy atom. The molecule has 0 aromatic heterocycles. The molecule has 7 N–H and O–H groups in total. The second-order valence-corrected chi connectivity index (χ2v) is 16.1. The molecule has 0 saturated carbocycles. The second-order valence-electron chi connectivity index (χ2n) is 16.1. The number of methoxy groups -OCH3 is 1. The zero-order valence-corrected chi connectivity index (χ0v) is 62.0. The molecule has 0 aliphatic carbocycles. The number of hydrogen-bond acceptors (Lipinski definition) is 23. The maximum atomic E-state index is 13.8. The monoisotopic (exact) mass is 2340 g/mol. The molecule has 3 unspecified atom stereocenters. The van der Waals surface area contributed by atoms with E-state index in [1.165, 1.54) is 7.11 Å². The number of carbonyl (C=O) groups is 7. The summed E-state index contributed by atoms with van der Waals surface area (Å²) in [6, 6.07) is 0. The van der Waals surface area contributed by atoms with Crippen molar-refractivity contribution < 1.29 is 278 Å². The summed E-state index contributed by atoms with van der Waals surface area (Å²) in [7, 11) is 1.30. The van der Waals surface area contributed by atoms with Crippen molar-refractivity contribution >= 4 is 41.8 Å². The summed E-state index contributed by atoms with van der Waals surface area (Å²) in [6.45, 7) is -0.135. The van der Waals surface area contributed by atoms with Crippen molar-refractivity contribution in [2.75, 3.05) is 99.6 Å². The molecule has 0 fully saturated rings. The third kappa shape index (κ3) is 27.2. The van der Waals surface area contributed by atoms with E-state index < -0.39 is 159 Å². The normalized spacial score (nSPS) is 13.4. The molecule has 0 saturated heterocycles. The molecule has 3 atom stereocenters. The number of hydrogen-bond donors (Lipinski definition) is 7. The number of esters is 7. The Morgan fingerprint density at radius 1 is 0.382 bits per heavy atom. The van der Waals surface area contributed by atoms with Gasteiger partial charge in [-0.2, -0.15) is 0 Å². The van der Waals surface area contributed by atoms with E-state index in [0.717, 1.165) is 48.5 Å². The number of aliphatic hydroxyl groups excluding tert-OH is 7. The van der Waals surface area contributed by atoms with Crippen LogP contribution in [0.15, 0.2) is 0 Å². The summed E-state index contributed by atoms with van der Waals surface area (Å²) in [5.74, 6) is -8.74. The Hall–Kier alpha value is 1.28. The largest absolute Gasteiger partial charge is 0 e. The van der Waals surface area contributed by atoms with Gasteiger partial charge < -0.3 is 80.6 Å². The van der Waals surface area contributed by atoms with Gasteiger partial charge in [-0.25, -0.2) is 4.79 Å². The Bertz CT molecular complexity index is 1450. The van der Waals surface area contributed by atoms with Gasteiger partial charge in [-0.3, -0.25) is 28.8 Å². The fourth-order valence-electron chi connectivity index (χ4n) is 3.72. The average molecular weight is 2340 g/mol. The first-order valence-corrected chi connectivity index (χ1v) is 19.4. The van der Waals surface area contributed by atoms with E-state index in [-0.39, 0.29) is 161 Å². The van der Waals surface area contributed by atoms with Crippen molar-refractivity contribution in [2.24, 2.45) is 32.5 Å². The molecule has 0 heterocycles. The predicted molar refractivity (Wildman–Crippen MR) is 196 cm³/mol. The average Bonchev–Trinajstić information content (AvgIpc) is 3.26. The number of aliphatic hydroxyl groups is 7. The number of ether oxygens (including phenoxy) is 8. The maximum Gasteiger partial charge on any atom is 0 e. The van der Waals surface area contributed by atoms with Gasteiger partial charge in [0.25, 0.3) is 5.97 Å². The molecule has 0 bridgehead atoms. The minimum atomic E-state index is -2.54. The predicted octanol–water partition coefficient (Wildman–Crippen LogP) is -3.13. The van der Waals surface area contributed by atoms with Crippen LogP contribution in [0.1, 0.15) is 48.5 Å². The fraction of sp³-hybridized carbons (Fsp3) is 0.784. The van der Waals surface area contributed by atoms with Crippen LogP contribution in [-0.2, 0) is 242 Å². The third-order valence-corrected chi connectivity index (χ3v) is 9.24. The molecule has 23 nitrogen and oxygen atoms in total. The summed E-state index contributed by atoms with van der Waals surface area (Å²) >= 11 is 0.333. The van der Waals surface area contributed by atoms with Gasteiger partial charge in [0, 0.05) is 161 Å². The van der Waals surface area contributed by atoms with E-state index in [1.807, 2.05) is 0 Å². The Kier molecular flexibility index (Phi) is 54.3. The fourth-order valence-corrected chi connectivity index (χ4v) is 3.72. The molecule has 0 spiro atoms. The van der Waals surface area contributed by atoms with Crippen LogP contribution < -0.4 is 0 Å². The molecule has 0 amide bonds. The van der Waals surface area contributed by atoms with Gasteiger partial charge >= 0.3 is 59.0 Å². The third-order valence-electron chi connectivity index (χ3n) is 9.24. The van der Waals surface area contributed by atoms with Gasteiger partial charge in [-0.1, -0.05) is 6.92 Å². The van der Waals surface area contributed by atoms with Crippen LogP contribution in [0.25, 0.3) is 0 Å². The van der Waals surface area contributed by atoms with Gasteiger partial charge in [0.15, 0.2) is 0 Å². The molecule has 31 heteroatoms. The smallest absolute Gasteiger partial charge is 0 e. The molecule has 0 aromatic carbocycles. The number of carbonyl (C=O) groups excluding carboxylic acids is 7. The number of rotatable bonds is 28. The van der Waals surface area contributed by atoms with E-state index >= 15 is 0 Å². The van der Waals surface area contributed by atoms with E-state index in [1.54, 1.807) is 0 Å². The van der Waals surface area contributed by atoms with E-state index in [2.05, 4.69) is 6.92 Å². The summed E-state index contributed by atoms with van der Waals surface area (Å²) in [5.41, 5.74) is -14.1. The van der Waals surface area contributed by atoms with Crippen molar-refractivity contribution in [3.8, 4) is 0 Å². The van der Waals surface area contributed by atoms with Crippen LogP contribution in [-0.4, -0.2) is 183 Å². The van der Waals surface area contributed by atoms with Crippen LogP contribution in [0, 0.1) is 39.4 Å². The minimum Gasteiger partial charge on any atom is 0 e. The summed E-state index contributed by atoms with van der Waals surface area (Å²) in [5, 5.41) is 67.3. The summed E-state index contributed by atoms with van der Waals surface area (Å²) in [4.78, 5) is 92.1. The first kappa shape index (κ1) is 88.9. The summed E-state index contributed by atoms with van der Waals surface area (Å²) in [6.07, 6.45) is 0. The molecule has 396 valence electrons. The van der Waals surface area contributed by atoms with Crippen molar-refractivity contribution in [3.63, 3.8) is 0 Å². The SMILES string of the molecule is [CH2-]C(C)(CO)C(=O)OC(C)(COC(=O)C(C)(CO)CO)C(=O)OCC(C)(COC(=O)C(C)(COC(=O)C(C)(CO)CO)COC(=O)C(C)(CO)CO)C(=O)OCCOC.[O]=[W].[W].[W].[W].[W].[W].[W].[W]. The molecule has 0 aliphatic heterocycles. The van der Waals surface area contributed by atoms with Crippen LogP contribution >= 0.6 is 0 Å². The quantitative estimate of drug-likeness (QED) is 0.0176. The molecular weight excluding hydrogens is 2280 g/mol. The molecule has 0 aliphatic rings. The molecular formula is C37H61O23W8-. The maximum absolute atomic E-state index is 13.8. The first-order valence-electron chi connectivity index (χ1n) is 18.2. The van der Waals surface area contributed by atoms with Crippen LogP contribution in [0.5, 0.6) is 0 Å². The zero-order valence-electron chi connectivity index (χ0n) is 38.5. The summed E-state index contributed by atoms with van der Waals surface area (Å²) < 4.78 is 50.1. The van der Waals surface area contributed by atoms with Gasteiger partial charge in [0.2, 0.25) is 5.60 Å². The van der Waals surface area contributed by atoms with E-state index in [0.29, 0.717) is 19.8 Å². The van der Waals surface area contributed by atoms with Crippen LogP contribution in [0.2, 0.25) is 0 Å². The van der Waals surface area contributed by atoms with Crippen molar-refractivity contribution in [2.45, 2.75) is 54.1 Å². The van der Waals surface area contributed by atoms with E-state index in [9.17, 15) is 69.3 Å². The van der Waals surface area contributed by atoms with Gasteiger partial charge in [0.05, 0.1) is 46.2 Å². The molecule has 0 aromatic rings. The molecule has 68 heavy (non-hydrogen) atoms. The topological polar surface area (TPSA) is 352 Å².